The van der Waals surface area contributed by atoms with Gasteiger partial charge in [0.2, 0.25) is 0 Å². The van der Waals surface area contributed by atoms with Crippen LogP contribution in [0.4, 0.5) is 4.79 Å². The summed E-state index contributed by atoms with van der Waals surface area (Å²) >= 11 is 0. The van der Waals surface area contributed by atoms with E-state index in [2.05, 4.69) is 5.32 Å². The molecule has 0 bridgehead atoms. The molecule has 0 aliphatic carbocycles. The average molecular weight is 239 g/mol. The maximum Gasteiger partial charge on any atom is 0.407 e. The van der Waals surface area contributed by atoms with Crippen molar-refractivity contribution in [3.8, 4) is 5.75 Å². The SMILES string of the molecule is COc1ccc(C(C)NC(=O)OCCO)cc1. The van der Waals surface area contributed by atoms with Crippen molar-refractivity contribution < 1.29 is 19.4 Å². The maximum absolute atomic E-state index is 11.2. The topological polar surface area (TPSA) is 67.8 Å². The highest BCUT2D eigenvalue weighted by molar-refractivity contribution is 5.67. The number of hydrogen-bond acceptors (Lipinski definition) is 4. The number of aliphatic hydroxyl groups is 1. The molecule has 94 valence electrons. The Morgan fingerprint density at radius 2 is 2.06 bits per heavy atom. The summed E-state index contributed by atoms with van der Waals surface area (Å²) in [4.78, 5) is 11.2. The molecule has 0 aromatic heterocycles. The number of methoxy groups -OCH3 is 1. The Kier molecular flexibility index (Phi) is 5.29. The molecule has 17 heavy (non-hydrogen) atoms. The first-order chi connectivity index (χ1) is 8.17. The molecular weight excluding hydrogens is 222 g/mol. The van der Waals surface area contributed by atoms with Crippen molar-refractivity contribution in [2.45, 2.75) is 13.0 Å². The predicted molar refractivity (Wildman–Crippen MR) is 63.0 cm³/mol. The van der Waals surface area contributed by atoms with E-state index in [1.165, 1.54) is 0 Å². The summed E-state index contributed by atoms with van der Waals surface area (Å²) in [6, 6.07) is 7.23. The molecule has 1 rings (SSSR count). The monoisotopic (exact) mass is 239 g/mol. The summed E-state index contributed by atoms with van der Waals surface area (Å²) in [5, 5.41) is 11.2. The molecule has 0 heterocycles. The average Bonchev–Trinajstić information content (AvgIpc) is 2.36. The first-order valence-corrected chi connectivity index (χ1v) is 5.35. The Labute approximate surface area is 100 Å². The van der Waals surface area contributed by atoms with Crippen molar-refractivity contribution in [1.82, 2.24) is 5.32 Å². The van der Waals surface area contributed by atoms with Gasteiger partial charge in [-0.15, -0.1) is 0 Å². The van der Waals surface area contributed by atoms with Crippen LogP contribution in [0.25, 0.3) is 0 Å². The van der Waals surface area contributed by atoms with E-state index in [0.29, 0.717) is 0 Å². The molecule has 5 nitrogen and oxygen atoms in total. The van der Waals surface area contributed by atoms with Crippen LogP contribution in [0, 0.1) is 0 Å². The van der Waals surface area contributed by atoms with Crippen molar-refractivity contribution >= 4 is 6.09 Å². The molecular formula is C12H17NO4. The summed E-state index contributed by atoms with van der Waals surface area (Å²) in [7, 11) is 1.60. The number of ether oxygens (including phenoxy) is 2. The number of carbonyl (C=O) groups is 1. The summed E-state index contributed by atoms with van der Waals surface area (Å²) in [6.07, 6.45) is -0.539. The van der Waals surface area contributed by atoms with Crippen LogP contribution in [0.5, 0.6) is 5.75 Å². The fourth-order valence-corrected chi connectivity index (χ4v) is 1.33. The van der Waals surface area contributed by atoms with Crippen LogP contribution in [0.3, 0.4) is 0 Å². The van der Waals surface area contributed by atoms with E-state index in [0.717, 1.165) is 11.3 Å². The van der Waals surface area contributed by atoms with Crippen molar-refractivity contribution in [3.05, 3.63) is 29.8 Å². The van der Waals surface area contributed by atoms with Gasteiger partial charge in [-0.25, -0.2) is 4.79 Å². The normalized spacial score (nSPS) is 11.7. The van der Waals surface area contributed by atoms with Gasteiger partial charge in [0.15, 0.2) is 0 Å². The van der Waals surface area contributed by atoms with Crippen LogP contribution in [0.15, 0.2) is 24.3 Å². The van der Waals surface area contributed by atoms with E-state index in [9.17, 15) is 4.79 Å². The van der Waals surface area contributed by atoms with Crippen LogP contribution < -0.4 is 10.1 Å². The number of nitrogens with one attached hydrogen (secondary N) is 1. The number of benzene rings is 1. The molecule has 1 atom stereocenters. The van der Waals surface area contributed by atoms with Crippen LogP contribution in [-0.4, -0.2) is 31.5 Å². The van der Waals surface area contributed by atoms with E-state index < -0.39 is 6.09 Å². The van der Waals surface area contributed by atoms with E-state index in [4.69, 9.17) is 14.6 Å². The third-order valence-electron chi connectivity index (χ3n) is 2.27. The number of aliphatic hydroxyl groups excluding tert-OH is 1. The van der Waals surface area contributed by atoms with Crippen molar-refractivity contribution in [3.63, 3.8) is 0 Å². The molecule has 1 aromatic carbocycles. The van der Waals surface area contributed by atoms with Crippen LogP contribution in [-0.2, 0) is 4.74 Å². The number of rotatable bonds is 5. The minimum atomic E-state index is -0.539. The molecule has 1 amide bonds. The van der Waals surface area contributed by atoms with Crippen LogP contribution in [0.1, 0.15) is 18.5 Å². The van der Waals surface area contributed by atoms with Crippen molar-refractivity contribution in [2.24, 2.45) is 0 Å². The van der Waals surface area contributed by atoms with Crippen LogP contribution in [0.2, 0.25) is 0 Å². The van der Waals surface area contributed by atoms with Gasteiger partial charge in [0, 0.05) is 0 Å². The molecule has 2 N–H and O–H groups in total. The molecule has 1 unspecified atom stereocenters. The highest BCUT2D eigenvalue weighted by atomic mass is 16.6. The molecule has 0 aliphatic rings. The predicted octanol–water partition coefficient (Wildman–Crippen LogP) is 1.47. The Balaban J connectivity index is 2.51. The highest BCUT2D eigenvalue weighted by Crippen LogP contribution is 2.17. The van der Waals surface area contributed by atoms with Gasteiger partial charge in [0.1, 0.15) is 12.4 Å². The van der Waals surface area contributed by atoms with E-state index >= 15 is 0 Å². The second-order valence-corrected chi connectivity index (χ2v) is 3.50. The third-order valence-corrected chi connectivity index (χ3v) is 2.27. The molecule has 0 radical (unpaired) electrons. The molecule has 0 saturated heterocycles. The lowest BCUT2D eigenvalue weighted by molar-refractivity contribution is 0.116. The molecule has 0 saturated carbocycles. The van der Waals surface area contributed by atoms with Gasteiger partial charge in [-0.3, -0.25) is 0 Å². The highest BCUT2D eigenvalue weighted by Gasteiger charge is 2.09. The Bertz CT molecular complexity index is 350. The Morgan fingerprint density at radius 1 is 1.41 bits per heavy atom. The molecule has 0 spiro atoms. The number of hydrogen-bond donors (Lipinski definition) is 2. The van der Waals surface area contributed by atoms with E-state index in [1.807, 2.05) is 31.2 Å². The summed E-state index contributed by atoms with van der Waals surface area (Å²) in [5.41, 5.74) is 0.951. The third kappa shape index (κ3) is 4.32. The van der Waals surface area contributed by atoms with Gasteiger partial charge >= 0.3 is 6.09 Å². The summed E-state index contributed by atoms with van der Waals surface area (Å²) in [5.74, 6) is 0.767. The number of carbonyl (C=O) groups excluding carboxylic acids is 1. The minimum Gasteiger partial charge on any atom is -0.497 e. The maximum atomic E-state index is 11.2. The van der Waals surface area contributed by atoms with Crippen molar-refractivity contribution in [2.75, 3.05) is 20.3 Å². The molecule has 1 aromatic rings. The van der Waals surface area contributed by atoms with E-state index in [-0.39, 0.29) is 19.3 Å². The Morgan fingerprint density at radius 3 is 2.59 bits per heavy atom. The van der Waals surface area contributed by atoms with Crippen molar-refractivity contribution in [1.29, 1.82) is 0 Å². The van der Waals surface area contributed by atoms with E-state index in [1.54, 1.807) is 7.11 Å². The van der Waals surface area contributed by atoms with Gasteiger partial charge in [0.05, 0.1) is 19.8 Å². The first-order valence-electron chi connectivity index (χ1n) is 5.35. The van der Waals surface area contributed by atoms with Gasteiger partial charge in [-0.1, -0.05) is 12.1 Å². The van der Waals surface area contributed by atoms with Gasteiger partial charge in [0.25, 0.3) is 0 Å². The largest absolute Gasteiger partial charge is 0.497 e. The van der Waals surface area contributed by atoms with Crippen LogP contribution >= 0.6 is 0 Å². The molecule has 0 fully saturated rings. The second-order valence-electron chi connectivity index (χ2n) is 3.50. The first kappa shape index (κ1) is 13.3. The minimum absolute atomic E-state index is 0.00116. The lowest BCUT2D eigenvalue weighted by Gasteiger charge is -2.14. The second kappa shape index (κ2) is 6.75. The standard InChI is InChI=1S/C12H17NO4/c1-9(13-12(15)17-8-7-14)10-3-5-11(16-2)6-4-10/h3-6,9,14H,7-8H2,1-2H3,(H,13,15). The summed E-state index contributed by atoms with van der Waals surface area (Å²) < 4.78 is 9.75. The summed E-state index contributed by atoms with van der Waals surface area (Å²) in [6.45, 7) is 1.67. The van der Waals surface area contributed by atoms with Gasteiger partial charge in [-0.05, 0) is 24.6 Å². The Hall–Kier alpha value is -1.75. The number of amides is 1. The molecule has 0 aliphatic heterocycles. The fourth-order valence-electron chi connectivity index (χ4n) is 1.33. The lowest BCUT2D eigenvalue weighted by atomic mass is 10.1. The number of alkyl carbamates (subject to hydrolysis) is 1. The lowest BCUT2D eigenvalue weighted by Crippen LogP contribution is -2.28. The quantitative estimate of drug-likeness (QED) is 0.816. The zero-order chi connectivity index (χ0) is 12.7. The molecule has 5 heteroatoms. The smallest absolute Gasteiger partial charge is 0.407 e. The van der Waals surface area contributed by atoms with Gasteiger partial charge in [-0.2, -0.15) is 0 Å². The zero-order valence-corrected chi connectivity index (χ0v) is 9.97. The zero-order valence-electron chi connectivity index (χ0n) is 9.97. The van der Waals surface area contributed by atoms with Gasteiger partial charge < -0.3 is 19.9 Å². The fraction of sp³-hybridized carbons (Fsp3) is 0.417.